The lowest BCUT2D eigenvalue weighted by atomic mass is 9.79. The Morgan fingerprint density at radius 1 is 1.38 bits per heavy atom. The number of hydrogen-bond acceptors (Lipinski definition) is 3. The van der Waals surface area contributed by atoms with Crippen molar-refractivity contribution < 1.29 is 9.90 Å². The van der Waals surface area contributed by atoms with Gasteiger partial charge in [0, 0.05) is 38.1 Å². The number of rotatable bonds is 5. The third kappa shape index (κ3) is 2.44. The lowest BCUT2D eigenvalue weighted by molar-refractivity contribution is -0.138. The molecular formula is C12H20N2O2. The Hall–Kier alpha value is -0.870. The second kappa shape index (κ2) is 4.55. The lowest BCUT2D eigenvalue weighted by Crippen LogP contribution is -2.57. The summed E-state index contributed by atoms with van der Waals surface area (Å²) in [6.45, 7) is 9.93. The summed E-state index contributed by atoms with van der Waals surface area (Å²) >= 11 is 0. The van der Waals surface area contributed by atoms with Crippen LogP contribution in [-0.2, 0) is 4.79 Å². The van der Waals surface area contributed by atoms with E-state index in [9.17, 15) is 4.79 Å². The fraction of sp³-hybridized carbons (Fsp3) is 0.750. The van der Waals surface area contributed by atoms with Gasteiger partial charge in [-0.05, 0) is 13.0 Å². The molecule has 2 heterocycles. The molecule has 16 heavy (non-hydrogen) atoms. The molecule has 0 aliphatic carbocycles. The van der Waals surface area contributed by atoms with Crippen LogP contribution < -0.4 is 0 Å². The summed E-state index contributed by atoms with van der Waals surface area (Å²) in [6, 6.07) is 0. The van der Waals surface area contributed by atoms with Crippen LogP contribution in [0.1, 0.15) is 12.8 Å². The molecule has 90 valence electrons. The largest absolute Gasteiger partial charge is 0.481 e. The zero-order valence-corrected chi connectivity index (χ0v) is 9.69. The number of carboxylic acids is 1. The van der Waals surface area contributed by atoms with E-state index < -0.39 is 5.97 Å². The first-order valence-corrected chi connectivity index (χ1v) is 5.91. The molecule has 0 radical (unpaired) electrons. The van der Waals surface area contributed by atoms with Gasteiger partial charge in [-0.15, -0.1) is 6.58 Å². The highest BCUT2D eigenvalue weighted by Crippen LogP contribution is 2.39. The first-order valence-electron chi connectivity index (χ1n) is 5.91. The van der Waals surface area contributed by atoms with Gasteiger partial charge < -0.3 is 10.0 Å². The number of aliphatic carboxylic acids is 1. The molecule has 1 N–H and O–H groups in total. The molecule has 4 heteroatoms. The summed E-state index contributed by atoms with van der Waals surface area (Å²) in [4.78, 5) is 15.1. The molecule has 2 aliphatic rings. The van der Waals surface area contributed by atoms with E-state index in [1.54, 1.807) is 0 Å². The van der Waals surface area contributed by atoms with Crippen LogP contribution in [0.5, 0.6) is 0 Å². The van der Waals surface area contributed by atoms with Gasteiger partial charge in [0.05, 0.1) is 6.42 Å². The Labute approximate surface area is 96.5 Å². The predicted molar refractivity (Wildman–Crippen MR) is 62.4 cm³/mol. The molecule has 2 aliphatic heterocycles. The van der Waals surface area contributed by atoms with Crippen LogP contribution in [0.2, 0.25) is 0 Å². The van der Waals surface area contributed by atoms with Crippen LogP contribution in [0.25, 0.3) is 0 Å². The summed E-state index contributed by atoms with van der Waals surface area (Å²) in [5.41, 5.74) is 0.460. The highest BCUT2D eigenvalue weighted by atomic mass is 16.4. The molecule has 2 rings (SSSR count). The van der Waals surface area contributed by atoms with Gasteiger partial charge >= 0.3 is 5.97 Å². The summed E-state index contributed by atoms with van der Waals surface area (Å²) in [5, 5.41) is 8.60. The quantitative estimate of drug-likeness (QED) is 0.697. The minimum Gasteiger partial charge on any atom is -0.481 e. The fourth-order valence-corrected chi connectivity index (χ4v) is 2.94. The number of carboxylic acid groups (broad SMARTS) is 1. The van der Waals surface area contributed by atoms with Crippen molar-refractivity contribution in [1.29, 1.82) is 0 Å². The maximum Gasteiger partial charge on any atom is 0.304 e. The van der Waals surface area contributed by atoms with E-state index in [4.69, 9.17) is 5.11 Å². The fourth-order valence-electron chi connectivity index (χ4n) is 2.94. The molecule has 0 aromatic heterocycles. The van der Waals surface area contributed by atoms with Gasteiger partial charge in [-0.2, -0.15) is 0 Å². The third-order valence-corrected chi connectivity index (χ3v) is 3.66. The zero-order valence-electron chi connectivity index (χ0n) is 9.69. The summed E-state index contributed by atoms with van der Waals surface area (Å²) < 4.78 is 0. The number of carbonyl (C=O) groups is 1. The minimum atomic E-state index is -0.694. The van der Waals surface area contributed by atoms with E-state index in [2.05, 4.69) is 16.4 Å². The maximum absolute atomic E-state index is 10.4. The van der Waals surface area contributed by atoms with Gasteiger partial charge in [-0.25, -0.2) is 0 Å². The van der Waals surface area contributed by atoms with E-state index in [0.717, 1.165) is 26.2 Å². The highest BCUT2D eigenvalue weighted by molar-refractivity contribution is 5.66. The smallest absolute Gasteiger partial charge is 0.304 e. The lowest BCUT2D eigenvalue weighted by Gasteiger charge is -2.48. The standard InChI is InChI=1S/C12H20N2O2/c1-2-5-13-7-4-12(8-13)9-14(10-12)6-3-11(15)16/h2H,1,3-10H2,(H,15,16). The van der Waals surface area contributed by atoms with Crippen molar-refractivity contribution in [2.75, 3.05) is 39.3 Å². The molecular weight excluding hydrogens is 204 g/mol. The first-order chi connectivity index (χ1) is 7.63. The van der Waals surface area contributed by atoms with Crippen molar-refractivity contribution in [2.24, 2.45) is 5.41 Å². The van der Waals surface area contributed by atoms with Crippen LogP contribution in [0.15, 0.2) is 12.7 Å². The van der Waals surface area contributed by atoms with Crippen LogP contribution in [0, 0.1) is 5.41 Å². The van der Waals surface area contributed by atoms with Crippen LogP contribution in [-0.4, -0.2) is 60.1 Å². The van der Waals surface area contributed by atoms with E-state index in [0.29, 0.717) is 12.0 Å². The van der Waals surface area contributed by atoms with Crippen molar-refractivity contribution in [3.8, 4) is 0 Å². The average molecular weight is 224 g/mol. The second-order valence-corrected chi connectivity index (χ2v) is 5.13. The molecule has 0 amide bonds. The van der Waals surface area contributed by atoms with Gasteiger partial charge in [0.15, 0.2) is 0 Å². The maximum atomic E-state index is 10.4. The summed E-state index contributed by atoms with van der Waals surface area (Å²) in [6.07, 6.45) is 3.48. The van der Waals surface area contributed by atoms with Gasteiger partial charge in [0.2, 0.25) is 0 Å². The second-order valence-electron chi connectivity index (χ2n) is 5.13. The monoisotopic (exact) mass is 224 g/mol. The van der Waals surface area contributed by atoms with Crippen molar-refractivity contribution in [1.82, 2.24) is 9.80 Å². The van der Waals surface area contributed by atoms with Gasteiger partial charge in [-0.3, -0.25) is 9.69 Å². The van der Waals surface area contributed by atoms with Crippen molar-refractivity contribution in [3.05, 3.63) is 12.7 Å². The van der Waals surface area contributed by atoms with E-state index in [1.165, 1.54) is 13.0 Å². The van der Waals surface area contributed by atoms with Crippen LogP contribution in [0.4, 0.5) is 0 Å². The normalized spacial score (nSPS) is 24.5. The Bertz CT molecular complexity index is 285. The number of likely N-dealkylation sites (tertiary alicyclic amines) is 2. The molecule has 2 saturated heterocycles. The average Bonchev–Trinajstić information content (AvgIpc) is 2.58. The van der Waals surface area contributed by atoms with Gasteiger partial charge in [0.25, 0.3) is 0 Å². The molecule has 0 bridgehead atoms. The number of nitrogens with zero attached hydrogens (tertiary/aromatic N) is 2. The van der Waals surface area contributed by atoms with Crippen LogP contribution >= 0.6 is 0 Å². The van der Waals surface area contributed by atoms with E-state index in [-0.39, 0.29) is 6.42 Å². The summed E-state index contributed by atoms with van der Waals surface area (Å²) in [5.74, 6) is -0.694. The number of hydrogen-bond donors (Lipinski definition) is 1. The minimum absolute atomic E-state index is 0.270. The Kier molecular flexibility index (Phi) is 3.30. The molecule has 2 fully saturated rings. The topological polar surface area (TPSA) is 43.8 Å². The predicted octanol–water partition coefficient (Wildman–Crippen LogP) is 0.655. The Morgan fingerprint density at radius 3 is 2.69 bits per heavy atom. The molecule has 0 aromatic rings. The third-order valence-electron chi connectivity index (χ3n) is 3.66. The van der Waals surface area contributed by atoms with Crippen LogP contribution in [0.3, 0.4) is 0 Å². The highest BCUT2D eigenvalue weighted by Gasteiger charge is 2.46. The Morgan fingerprint density at radius 2 is 2.06 bits per heavy atom. The van der Waals surface area contributed by atoms with Crippen molar-refractivity contribution in [2.45, 2.75) is 12.8 Å². The van der Waals surface area contributed by atoms with Gasteiger partial charge in [0.1, 0.15) is 0 Å². The molecule has 0 atom stereocenters. The summed E-state index contributed by atoms with van der Waals surface area (Å²) in [7, 11) is 0. The molecule has 0 unspecified atom stereocenters. The molecule has 0 saturated carbocycles. The molecule has 4 nitrogen and oxygen atoms in total. The van der Waals surface area contributed by atoms with E-state index in [1.807, 2.05) is 6.08 Å². The zero-order chi connectivity index (χ0) is 11.6. The van der Waals surface area contributed by atoms with Gasteiger partial charge in [-0.1, -0.05) is 6.08 Å². The SMILES string of the molecule is C=CCN1CCC2(C1)CN(CCC(=O)O)C2. The molecule has 1 spiro atoms. The first kappa shape index (κ1) is 11.6. The molecule has 0 aromatic carbocycles. The van der Waals surface area contributed by atoms with Crippen molar-refractivity contribution >= 4 is 5.97 Å². The Balaban J connectivity index is 1.71. The van der Waals surface area contributed by atoms with Crippen molar-refractivity contribution in [3.63, 3.8) is 0 Å². The van der Waals surface area contributed by atoms with E-state index >= 15 is 0 Å².